The second-order valence-corrected chi connectivity index (χ2v) is 8.40. The summed E-state index contributed by atoms with van der Waals surface area (Å²) >= 11 is 0. The van der Waals surface area contributed by atoms with Gasteiger partial charge < -0.3 is 4.74 Å². The van der Waals surface area contributed by atoms with E-state index in [-0.39, 0.29) is 11.6 Å². The standard InChI is InChI=1S/C27H19F3N6O2/c1-5-17-9-11-20(12-10-17)36-24(32-23(34-36)26(37)38-4)21-14-35-25(31-16(3)33-35)22(15(21)2)18-7-6-8-19(13-18)27(28,29)30/h1,6-14H,2-4H3. The number of aryl methyl sites for hydroxylation is 1. The van der Waals surface area contributed by atoms with Crippen LogP contribution in [0.4, 0.5) is 13.2 Å². The fourth-order valence-electron chi connectivity index (χ4n) is 4.18. The number of alkyl halides is 3. The molecule has 38 heavy (non-hydrogen) atoms. The highest BCUT2D eigenvalue weighted by Gasteiger charge is 2.31. The minimum atomic E-state index is -4.53. The van der Waals surface area contributed by atoms with Crippen LogP contribution in [-0.2, 0) is 10.9 Å². The summed E-state index contributed by atoms with van der Waals surface area (Å²) in [6.07, 6.45) is 2.60. The van der Waals surface area contributed by atoms with E-state index in [2.05, 4.69) is 26.1 Å². The van der Waals surface area contributed by atoms with Crippen LogP contribution in [0.15, 0.2) is 54.7 Å². The Morgan fingerprint density at radius 2 is 1.79 bits per heavy atom. The molecule has 5 aromatic rings. The molecule has 0 aliphatic carbocycles. The molecule has 8 nitrogen and oxygen atoms in total. The van der Waals surface area contributed by atoms with Gasteiger partial charge >= 0.3 is 12.1 Å². The maximum Gasteiger partial charge on any atom is 0.416 e. The molecule has 0 N–H and O–H groups in total. The first-order chi connectivity index (χ1) is 18.1. The highest BCUT2D eigenvalue weighted by atomic mass is 19.4. The van der Waals surface area contributed by atoms with E-state index in [0.717, 1.165) is 12.1 Å². The van der Waals surface area contributed by atoms with Gasteiger partial charge in [0.25, 0.3) is 5.82 Å². The molecule has 0 bridgehead atoms. The van der Waals surface area contributed by atoms with E-state index in [9.17, 15) is 18.0 Å². The van der Waals surface area contributed by atoms with Gasteiger partial charge in [-0.05, 0) is 61.4 Å². The summed E-state index contributed by atoms with van der Waals surface area (Å²) < 4.78 is 48.4. The quantitative estimate of drug-likeness (QED) is 0.246. The van der Waals surface area contributed by atoms with E-state index in [1.807, 2.05) is 0 Å². The number of hydrogen-bond donors (Lipinski definition) is 0. The van der Waals surface area contributed by atoms with Crippen LogP contribution >= 0.6 is 0 Å². The second kappa shape index (κ2) is 9.15. The summed E-state index contributed by atoms with van der Waals surface area (Å²) in [4.78, 5) is 21.2. The average molecular weight is 516 g/mol. The van der Waals surface area contributed by atoms with Gasteiger partial charge in [-0.25, -0.2) is 24.0 Å². The molecule has 3 heterocycles. The number of rotatable bonds is 4. The number of esters is 1. The third kappa shape index (κ3) is 4.26. The number of terminal acetylenes is 1. The Kier molecular flexibility index (Phi) is 5.95. The van der Waals surface area contributed by atoms with Crippen molar-refractivity contribution in [3.05, 3.63) is 83.1 Å². The molecule has 0 saturated heterocycles. The van der Waals surface area contributed by atoms with Crippen molar-refractivity contribution >= 4 is 11.6 Å². The lowest BCUT2D eigenvalue weighted by Gasteiger charge is -2.15. The molecule has 2 aromatic carbocycles. The fraction of sp³-hybridized carbons (Fsp3) is 0.148. The number of nitrogens with zero attached hydrogens (tertiary/aromatic N) is 6. The molecule has 0 amide bonds. The summed E-state index contributed by atoms with van der Waals surface area (Å²) in [6.45, 7) is 3.43. The van der Waals surface area contributed by atoms with Crippen molar-refractivity contribution in [1.29, 1.82) is 0 Å². The fourth-order valence-corrected chi connectivity index (χ4v) is 4.18. The highest BCUT2D eigenvalue weighted by Crippen LogP contribution is 2.37. The van der Waals surface area contributed by atoms with Gasteiger partial charge in [0.05, 0.1) is 18.4 Å². The zero-order valence-electron chi connectivity index (χ0n) is 20.4. The summed E-state index contributed by atoms with van der Waals surface area (Å²) in [7, 11) is 1.21. The molecule has 0 atom stereocenters. The number of methoxy groups -OCH3 is 1. The molecule has 0 fully saturated rings. The summed E-state index contributed by atoms with van der Waals surface area (Å²) in [6, 6.07) is 11.9. The molecule has 0 saturated carbocycles. The number of pyridine rings is 1. The van der Waals surface area contributed by atoms with Gasteiger partial charge in [-0.2, -0.15) is 18.3 Å². The Morgan fingerprint density at radius 3 is 2.45 bits per heavy atom. The van der Waals surface area contributed by atoms with E-state index in [1.165, 1.54) is 22.4 Å². The lowest BCUT2D eigenvalue weighted by Crippen LogP contribution is -2.06. The summed E-state index contributed by atoms with van der Waals surface area (Å²) in [5, 5.41) is 8.74. The molecule has 0 unspecified atom stereocenters. The van der Waals surface area contributed by atoms with E-state index < -0.39 is 17.7 Å². The summed E-state index contributed by atoms with van der Waals surface area (Å²) in [5.74, 6) is 2.27. The largest absolute Gasteiger partial charge is 0.463 e. The first-order valence-corrected chi connectivity index (χ1v) is 11.3. The Hall–Kier alpha value is -4.98. The maximum atomic E-state index is 13.5. The van der Waals surface area contributed by atoms with Gasteiger partial charge in [0.1, 0.15) is 5.82 Å². The SMILES string of the molecule is C#Cc1ccc(-n2nc(C(=O)OC)nc2-c2cn3nc(C)nc3c(-c3cccc(C(F)(F)F)c3)c2C)cc1. The van der Waals surface area contributed by atoms with Crippen LogP contribution in [0.1, 0.15) is 33.1 Å². The summed E-state index contributed by atoms with van der Waals surface area (Å²) in [5.41, 5.74) is 2.55. The van der Waals surface area contributed by atoms with Crippen LogP contribution in [0.3, 0.4) is 0 Å². The minimum absolute atomic E-state index is 0.196. The highest BCUT2D eigenvalue weighted by molar-refractivity contribution is 5.88. The van der Waals surface area contributed by atoms with E-state index in [0.29, 0.717) is 45.0 Å². The Balaban J connectivity index is 1.81. The number of carbonyl (C=O) groups is 1. The number of benzene rings is 2. The second-order valence-electron chi connectivity index (χ2n) is 8.40. The number of fused-ring (bicyclic) bond motifs is 1. The van der Waals surface area contributed by atoms with Crippen molar-refractivity contribution in [3.63, 3.8) is 0 Å². The minimum Gasteiger partial charge on any atom is -0.463 e. The zero-order chi connectivity index (χ0) is 27.2. The molecular formula is C27H19F3N6O2. The van der Waals surface area contributed by atoms with E-state index in [1.54, 1.807) is 50.4 Å². The molecular weight excluding hydrogens is 497 g/mol. The van der Waals surface area contributed by atoms with Crippen LogP contribution in [0.2, 0.25) is 0 Å². The normalized spacial score (nSPS) is 11.5. The maximum absolute atomic E-state index is 13.5. The smallest absolute Gasteiger partial charge is 0.416 e. The molecule has 0 spiro atoms. The molecule has 0 aliphatic heterocycles. The Labute approximate surface area is 214 Å². The van der Waals surface area contributed by atoms with Gasteiger partial charge in [0.15, 0.2) is 11.5 Å². The predicted octanol–water partition coefficient (Wildman–Crippen LogP) is 5.05. The molecule has 0 aliphatic rings. The molecule has 0 radical (unpaired) electrons. The van der Waals surface area contributed by atoms with Crippen LogP contribution in [0.25, 0.3) is 33.8 Å². The van der Waals surface area contributed by atoms with Crippen LogP contribution in [0.5, 0.6) is 0 Å². The molecule has 11 heteroatoms. The monoisotopic (exact) mass is 516 g/mol. The number of ether oxygens (including phenoxy) is 1. The lowest BCUT2D eigenvalue weighted by atomic mass is 9.96. The predicted molar refractivity (Wildman–Crippen MR) is 133 cm³/mol. The van der Waals surface area contributed by atoms with Crippen molar-refractivity contribution < 1.29 is 22.7 Å². The van der Waals surface area contributed by atoms with Crippen LogP contribution < -0.4 is 0 Å². The molecule has 3 aromatic heterocycles. The first-order valence-electron chi connectivity index (χ1n) is 11.3. The Bertz CT molecular complexity index is 1740. The molecule has 5 rings (SSSR count). The van der Waals surface area contributed by atoms with Gasteiger partial charge in [-0.15, -0.1) is 11.5 Å². The van der Waals surface area contributed by atoms with Crippen molar-refractivity contribution in [2.45, 2.75) is 20.0 Å². The number of halogens is 3. The third-order valence-electron chi connectivity index (χ3n) is 5.96. The van der Waals surface area contributed by atoms with E-state index >= 15 is 0 Å². The van der Waals surface area contributed by atoms with Gasteiger partial charge in [0.2, 0.25) is 0 Å². The molecule has 190 valence electrons. The number of aromatic nitrogens is 6. The zero-order valence-corrected chi connectivity index (χ0v) is 20.4. The Morgan fingerprint density at radius 1 is 1.05 bits per heavy atom. The van der Waals surface area contributed by atoms with Gasteiger partial charge in [-0.3, -0.25) is 0 Å². The topological polar surface area (TPSA) is 87.2 Å². The number of hydrogen-bond acceptors (Lipinski definition) is 6. The van der Waals surface area contributed by atoms with Crippen LogP contribution in [-0.4, -0.2) is 42.4 Å². The average Bonchev–Trinajstić information content (AvgIpc) is 3.50. The van der Waals surface area contributed by atoms with Crippen LogP contribution in [0, 0.1) is 26.2 Å². The van der Waals surface area contributed by atoms with Gasteiger partial charge in [0, 0.05) is 22.9 Å². The number of carbonyl (C=O) groups excluding carboxylic acids is 1. The van der Waals surface area contributed by atoms with Crippen molar-refractivity contribution in [2.24, 2.45) is 0 Å². The lowest BCUT2D eigenvalue weighted by molar-refractivity contribution is -0.137. The van der Waals surface area contributed by atoms with Crippen molar-refractivity contribution in [2.75, 3.05) is 7.11 Å². The van der Waals surface area contributed by atoms with Crippen molar-refractivity contribution in [3.8, 4) is 40.5 Å². The van der Waals surface area contributed by atoms with Crippen molar-refractivity contribution in [1.82, 2.24) is 29.4 Å². The first kappa shape index (κ1) is 24.7. The van der Waals surface area contributed by atoms with Gasteiger partial charge in [-0.1, -0.05) is 18.1 Å². The third-order valence-corrected chi connectivity index (χ3v) is 5.96. The van der Waals surface area contributed by atoms with E-state index in [4.69, 9.17) is 11.2 Å².